The van der Waals surface area contributed by atoms with Gasteiger partial charge in [-0.05, 0) is 36.4 Å². The Kier molecular flexibility index (Phi) is 9.17. The molecule has 0 aromatic heterocycles. The molecular weight excluding hydrogens is 636 g/mol. The van der Waals surface area contributed by atoms with E-state index in [1.54, 1.807) is 17.0 Å². The van der Waals surface area contributed by atoms with Crippen molar-refractivity contribution in [2.45, 2.75) is 19.0 Å². The number of para-hydroxylation sites is 2. The number of carboxylic acids is 1. The number of benzene rings is 4. The summed E-state index contributed by atoms with van der Waals surface area (Å²) >= 11 is 0. The van der Waals surface area contributed by atoms with Crippen molar-refractivity contribution in [3.05, 3.63) is 117 Å². The second-order valence-corrected chi connectivity index (χ2v) is 10.4. The molecule has 0 aliphatic carbocycles. The predicted molar refractivity (Wildman–Crippen MR) is 158 cm³/mol. The smallest absolute Gasteiger partial charge is 0.420 e. The third kappa shape index (κ3) is 7.51. The van der Waals surface area contributed by atoms with Gasteiger partial charge in [-0.1, -0.05) is 36.4 Å². The van der Waals surface area contributed by atoms with E-state index >= 15 is 0 Å². The van der Waals surface area contributed by atoms with Crippen molar-refractivity contribution in [3.8, 4) is 17.2 Å². The Hall–Kier alpha value is -5.47. The molecule has 5 rings (SSSR count). The summed E-state index contributed by atoms with van der Waals surface area (Å²) in [7, 11) is 0. The maximum Gasteiger partial charge on any atom is 0.420 e. The largest absolute Gasteiger partial charge is 0.488 e. The molecule has 0 bridgehead atoms. The molecule has 1 aliphatic heterocycles. The number of carbonyl (C=O) groups is 1. The molecule has 1 aliphatic rings. The normalized spacial score (nSPS) is 13.7. The van der Waals surface area contributed by atoms with Crippen molar-refractivity contribution in [3.63, 3.8) is 0 Å². The van der Waals surface area contributed by atoms with Crippen LogP contribution in [0.1, 0.15) is 27.0 Å². The Balaban J connectivity index is 1.44. The van der Waals surface area contributed by atoms with E-state index in [-0.39, 0.29) is 66.8 Å². The maximum atomic E-state index is 14.2. The topological polar surface area (TPSA) is 105 Å². The van der Waals surface area contributed by atoms with Gasteiger partial charge in [0.05, 0.1) is 10.5 Å². The number of aromatic carboxylic acids is 1. The summed E-state index contributed by atoms with van der Waals surface area (Å²) in [6.45, 7) is 0.0884. The minimum Gasteiger partial charge on any atom is -0.488 e. The Bertz CT molecular complexity index is 1790. The third-order valence-electron chi connectivity index (χ3n) is 7.43. The first-order valence-electron chi connectivity index (χ1n) is 14.0. The van der Waals surface area contributed by atoms with Crippen LogP contribution < -0.4 is 19.3 Å². The van der Waals surface area contributed by atoms with Crippen molar-refractivity contribution in [2.24, 2.45) is 0 Å². The van der Waals surface area contributed by atoms with Crippen molar-refractivity contribution in [1.29, 1.82) is 0 Å². The number of anilines is 2. The number of nitrogens with zero attached hydrogens (tertiary/aromatic N) is 3. The molecule has 47 heavy (non-hydrogen) atoms. The van der Waals surface area contributed by atoms with Gasteiger partial charge in [-0.2, -0.15) is 26.3 Å². The number of piperazine rings is 1. The fourth-order valence-corrected chi connectivity index (χ4v) is 5.11. The molecule has 0 saturated carbocycles. The van der Waals surface area contributed by atoms with E-state index in [1.165, 1.54) is 53.4 Å². The first kappa shape index (κ1) is 32.9. The molecule has 9 nitrogen and oxygen atoms in total. The monoisotopic (exact) mass is 661 g/mol. The molecule has 1 heterocycles. The lowest BCUT2D eigenvalue weighted by Gasteiger charge is -2.37. The fourth-order valence-electron chi connectivity index (χ4n) is 5.11. The van der Waals surface area contributed by atoms with Crippen LogP contribution in [0.4, 0.5) is 43.4 Å². The zero-order chi connectivity index (χ0) is 33.9. The molecule has 4 aromatic rings. The number of carboxylic acid groups (broad SMARTS) is 1. The number of rotatable bonds is 9. The minimum absolute atomic E-state index is 0.0210. The van der Waals surface area contributed by atoms with Crippen LogP contribution in [0.25, 0.3) is 0 Å². The molecule has 15 heteroatoms. The molecule has 0 unspecified atom stereocenters. The van der Waals surface area contributed by atoms with Crippen molar-refractivity contribution in [2.75, 3.05) is 36.0 Å². The first-order chi connectivity index (χ1) is 22.2. The molecule has 4 aromatic carbocycles. The van der Waals surface area contributed by atoms with Crippen molar-refractivity contribution < 1.29 is 50.6 Å². The number of alkyl halides is 6. The van der Waals surface area contributed by atoms with E-state index in [4.69, 9.17) is 9.47 Å². The van der Waals surface area contributed by atoms with Gasteiger partial charge in [-0.25, -0.2) is 4.79 Å². The molecule has 0 radical (unpaired) electrons. The number of nitro benzene ring substituents is 1. The van der Waals surface area contributed by atoms with Gasteiger partial charge in [-0.3, -0.25) is 10.1 Å². The summed E-state index contributed by atoms with van der Waals surface area (Å²) in [4.78, 5) is 25.7. The van der Waals surface area contributed by atoms with Gasteiger partial charge in [0.2, 0.25) is 0 Å². The average molecular weight is 662 g/mol. The quantitative estimate of drug-likeness (QED) is 0.109. The Morgan fingerprint density at radius 3 is 2.06 bits per heavy atom. The van der Waals surface area contributed by atoms with Crippen molar-refractivity contribution >= 4 is 23.0 Å². The number of hydrogen-bond donors (Lipinski definition) is 1. The second-order valence-electron chi connectivity index (χ2n) is 10.4. The molecule has 1 fully saturated rings. The Morgan fingerprint density at radius 2 is 1.43 bits per heavy atom. The Labute approximate surface area is 263 Å². The number of nitro groups is 1. The van der Waals surface area contributed by atoms with E-state index in [0.717, 1.165) is 18.2 Å². The molecule has 246 valence electrons. The fraction of sp³-hybridized carbons (Fsp3) is 0.219. The van der Waals surface area contributed by atoms with E-state index < -0.39 is 45.8 Å². The van der Waals surface area contributed by atoms with Gasteiger partial charge in [0.25, 0.3) is 5.69 Å². The lowest BCUT2D eigenvalue weighted by atomic mass is 10.1. The van der Waals surface area contributed by atoms with Gasteiger partial charge >= 0.3 is 18.3 Å². The summed E-state index contributed by atoms with van der Waals surface area (Å²) in [5.41, 5.74) is -2.80. The summed E-state index contributed by atoms with van der Waals surface area (Å²) in [6, 6.07) is 17.8. The number of ether oxygens (including phenoxy) is 2. The predicted octanol–water partition coefficient (Wildman–Crippen LogP) is 8.03. The SMILES string of the molecule is O=C(O)c1ccccc1OCc1ccccc1Oc1cc(N2CCN(c3cccc(C(F)(F)F)c3)CC2)c([N+](=O)[O-])cc1C(F)(F)F. The maximum absolute atomic E-state index is 14.2. The average Bonchev–Trinajstić information content (AvgIpc) is 3.03. The molecule has 0 atom stereocenters. The molecule has 0 amide bonds. The van der Waals surface area contributed by atoms with E-state index in [1.807, 2.05) is 0 Å². The van der Waals surface area contributed by atoms with Crippen molar-refractivity contribution in [1.82, 2.24) is 0 Å². The van der Waals surface area contributed by atoms with Crippen LogP contribution in [0.5, 0.6) is 17.2 Å². The highest BCUT2D eigenvalue weighted by Crippen LogP contribution is 2.45. The van der Waals surface area contributed by atoms with Crippen LogP contribution in [-0.4, -0.2) is 42.2 Å². The van der Waals surface area contributed by atoms with E-state index in [0.29, 0.717) is 6.07 Å². The van der Waals surface area contributed by atoms with Gasteiger partial charge in [0.1, 0.15) is 40.7 Å². The molecule has 1 N–H and O–H groups in total. The summed E-state index contributed by atoms with van der Waals surface area (Å²) in [5.74, 6) is -2.02. The summed E-state index contributed by atoms with van der Waals surface area (Å²) < 4.78 is 93.8. The number of hydrogen-bond acceptors (Lipinski definition) is 7. The lowest BCUT2D eigenvalue weighted by molar-refractivity contribution is -0.384. The van der Waals surface area contributed by atoms with E-state index in [2.05, 4.69) is 0 Å². The number of halogens is 6. The van der Waals surface area contributed by atoms with Crippen LogP contribution in [0, 0.1) is 10.1 Å². The second kappa shape index (κ2) is 13.1. The lowest BCUT2D eigenvalue weighted by Crippen LogP contribution is -2.46. The van der Waals surface area contributed by atoms with Crippen LogP contribution in [-0.2, 0) is 19.0 Å². The molecule has 0 spiro atoms. The summed E-state index contributed by atoms with van der Waals surface area (Å²) in [6.07, 6.45) is -9.60. The van der Waals surface area contributed by atoms with Crippen LogP contribution in [0.3, 0.4) is 0 Å². The van der Waals surface area contributed by atoms with Crippen LogP contribution in [0.15, 0.2) is 84.9 Å². The molecular formula is C32H25F6N3O6. The Morgan fingerprint density at radius 1 is 0.787 bits per heavy atom. The van der Waals surface area contributed by atoms with Crippen LogP contribution >= 0.6 is 0 Å². The first-order valence-corrected chi connectivity index (χ1v) is 14.0. The van der Waals surface area contributed by atoms with Gasteiger partial charge < -0.3 is 24.4 Å². The zero-order valence-corrected chi connectivity index (χ0v) is 24.2. The highest BCUT2D eigenvalue weighted by molar-refractivity contribution is 5.90. The third-order valence-corrected chi connectivity index (χ3v) is 7.43. The van der Waals surface area contributed by atoms with E-state index in [9.17, 15) is 46.4 Å². The van der Waals surface area contributed by atoms with Gasteiger partial charge in [-0.15, -0.1) is 0 Å². The summed E-state index contributed by atoms with van der Waals surface area (Å²) in [5, 5.41) is 21.4. The standard InChI is InChI=1S/C32H25F6N3O6/c33-31(34,35)21-7-5-8-22(16-21)39-12-14-40(15-13-39)25-18-29(24(32(36,37)38)17-26(25)41(44)45)47-27-10-3-1-6-20(27)19-46-28-11-4-2-9-23(28)30(42)43/h1-11,16-18H,12-15,19H2,(H,42,43). The zero-order valence-electron chi connectivity index (χ0n) is 24.2. The highest BCUT2D eigenvalue weighted by Gasteiger charge is 2.39. The highest BCUT2D eigenvalue weighted by atomic mass is 19.4. The van der Waals surface area contributed by atoms with Crippen LogP contribution in [0.2, 0.25) is 0 Å². The molecule has 1 saturated heterocycles. The minimum atomic E-state index is -5.05. The van der Waals surface area contributed by atoms with Gasteiger partial charge in [0, 0.05) is 49.6 Å². The van der Waals surface area contributed by atoms with Gasteiger partial charge in [0.15, 0.2) is 0 Å².